The SMILES string of the molecule is Brc1ccoc1/C=N/OC1CCC1. The molecule has 1 aliphatic rings. The molecule has 0 bridgehead atoms. The molecule has 1 aromatic rings. The van der Waals surface area contributed by atoms with Crippen molar-refractivity contribution in [2.45, 2.75) is 25.4 Å². The second kappa shape index (κ2) is 3.96. The Kier molecular flexibility index (Phi) is 2.68. The fourth-order valence-corrected chi connectivity index (χ4v) is 1.34. The summed E-state index contributed by atoms with van der Waals surface area (Å²) in [5.74, 6) is 0.694. The van der Waals surface area contributed by atoms with Crippen LogP contribution in [0.2, 0.25) is 0 Å². The molecule has 0 unspecified atom stereocenters. The summed E-state index contributed by atoms with van der Waals surface area (Å²) < 4.78 is 6.02. The Morgan fingerprint density at radius 2 is 2.46 bits per heavy atom. The molecule has 2 rings (SSSR count). The summed E-state index contributed by atoms with van der Waals surface area (Å²) in [5.41, 5.74) is 0. The molecule has 1 saturated carbocycles. The summed E-state index contributed by atoms with van der Waals surface area (Å²) in [4.78, 5) is 5.19. The average molecular weight is 244 g/mol. The van der Waals surface area contributed by atoms with Crippen LogP contribution in [0.3, 0.4) is 0 Å². The molecule has 4 heteroatoms. The average Bonchev–Trinajstić information content (AvgIpc) is 2.42. The van der Waals surface area contributed by atoms with Crippen LogP contribution in [0.15, 0.2) is 26.4 Å². The highest BCUT2D eigenvalue weighted by molar-refractivity contribution is 9.10. The van der Waals surface area contributed by atoms with Crippen LogP contribution in [0.5, 0.6) is 0 Å². The molecule has 0 aromatic carbocycles. The number of nitrogens with zero attached hydrogens (tertiary/aromatic N) is 1. The predicted molar refractivity (Wildman–Crippen MR) is 52.7 cm³/mol. The lowest BCUT2D eigenvalue weighted by molar-refractivity contribution is 0.00685. The van der Waals surface area contributed by atoms with E-state index in [1.807, 2.05) is 6.07 Å². The Hall–Kier alpha value is -0.770. The Morgan fingerprint density at radius 1 is 1.62 bits per heavy atom. The smallest absolute Gasteiger partial charge is 0.162 e. The van der Waals surface area contributed by atoms with Gasteiger partial charge in [-0.25, -0.2) is 0 Å². The van der Waals surface area contributed by atoms with Gasteiger partial charge in [-0.2, -0.15) is 0 Å². The second-order valence-electron chi connectivity index (χ2n) is 3.03. The summed E-state index contributed by atoms with van der Waals surface area (Å²) >= 11 is 3.32. The first-order chi connectivity index (χ1) is 6.36. The molecule has 0 atom stereocenters. The highest BCUT2D eigenvalue weighted by Crippen LogP contribution is 2.22. The molecule has 13 heavy (non-hydrogen) atoms. The van der Waals surface area contributed by atoms with Gasteiger partial charge in [0.1, 0.15) is 12.3 Å². The lowest BCUT2D eigenvalue weighted by Gasteiger charge is -2.22. The third-order valence-corrected chi connectivity index (χ3v) is 2.73. The third-order valence-electron chi connectivity index (χ3n) is 2.08. The minimum atomic E-state index is 0.324. The molecule has 1 fully saturated rings. The zero-order chi connectivity index (χ0) is 9.10. The minimum Gasteiger partial charge on any atom is -0.462 e. The van der Waals surface area contributed by atoms with Gasteiger partial charge in [0, 0.05) is 0 Å². The number of hydrogen-bond acceptors (Lipinski definition) is 3. The molecule has 0 saturated heterocycles. The van der Waals surface area contributed by atoms with E-state index >= 15 is 0 Å². The van der Waals surface area contributed by atoms with E-state index in [9.17, 15) is 0 Å². The highest BCUT2D eigenvalue weighted by atomic mass is 79.9. The minimum absolute atomic E-state index is 0.324. The molecule has 1 aromatic heterocycles. The van der Waals surface area contributed by atoms with Crippen molar-refractivity contribution >= 4 is 22.1 Å². The van der Waals surface area contributed by atoms with Crippen molar-refractivity contribution in [3.05, 3.63) is 22.6 Å². The van der Waals surface area contributed by atoms with Crippen molar-refractivity contribution in [2.24, 2.45) is 5.16 Å². The normalized spacial score (nSPS) is 17.6. The Morgan fingerprint density at radius 3 is 3.00 bits per heavy atom. The largest absolute Gasteiger partial charge is 0.462 e. The molecular weight excluding hydrogens is 234 g/mol. The maximum absolute atomic E-state index is 5.19. The second-order valence-corrected chi connectivity index (χ2v) is 3.88. The summed E-state index contributed by atoms with van der Waals surface area (Å²) in [7, 11) is 0. The van der Waals surface area contributed by atoms with Crippen LogP contribution in [-0.4, -0.2) is 12.3 Å². The van der Waals surface area contributed by atoms with Crippen LogP contribution in [0.4, 0.5) is 0 Å². The summed E-state index contributed by atoms with van der Waals surface area (Å²) in [6, 6.07) is 1.82. The number of rotatable bonds is 3. The van der Waals surface area contributed by atoms with Crippen molar-refractivity contribution in [3.8, 4) is 0 Å². The van der Waals surface area contributed by atoms with E-state index in [2.05, 4.69) is 21.1 Å². The lowest BCUT2D eigenvalue weighted by Crippen LogP contribution is -2.18. The van der Waals surface area contributed by atoms with Gasteiger partial charge in [0.25, 0.3) is 0 Å². The van der Waals surface area contributed by atoms with Gasteiger partial charge in [-0.1, -0.05) is 5.16 Å². The van der Waals surface area contributed by atoms with Gasteiger partial charge in [-0.05, 0) is 41.3 Å². The van der Waals surface area contributed by atoms with Crippen LogP contribution in [0.1, 0.15) is 25.0 Å². The van der Waals surface area contributed by atoms with E-state index in [0.717, 1.165) is 17.3 Å². The van der Waals surface area contributed by atoms with E-state index < -0.39 is 0 Å². The van der Waals surface area contributed by atoms with Crippen LogP contribution in [-0.2, 0) is 4.84 Å². The Bertz CT molecular complexity index is 304. The molecule has 3 nitrogen and oxygen atoms in total. The van der Waals surface area contributed by atoms with Gasteiger partial charge in [-0.3, -0.25) is 0 Å². The van der Waals surface area contributed by atoms with E-state index in [0.29, 0.717) is 11.9 Å². The molecule has 0 amide bonds. The topological polar surface area (TPSA) is 34.7 Å². The van der Waals surface area contributed by atoms with Gasteiger partial charge in [0.05, 0.1) is 10.7 Å². The molecular formula is C9H10BrNO2. The molecule has 1 aliphatic carbocycles. The van der Waals surface area contributed by atoms with Gasteiger partial charge in [0.2, 0.25) is 0 Å². The molecule has 1 heterocycles. The maximum atomic E-state index is 5.19. The number of halogens is 1. The molecule has 0 aliphatic heterocycles. The quantitative estimate of drug-likeness (QED) is 0.605. The van der Waals surface area contributed by atoms with E-state index in [4.69, 9.17) is 9.25 Å². The first-order valence-electron chi connectivity index (χ1n) is 4.28. The fourth-order valence-electron chi connectivity index (χ4n) is 1.04. The van der Waals surface area contributed by atoms with Crippen molar-refractivity contribution in [2.75, 3.05) is 0 Å². The van der Waals surface area contributed by atoms with Crippen molar-refractivity contribution < 1.29 is 9.25 Å². The Labute approximate surface area is 84.9 Å². The first-order valence-corrected chi connectivity index (χ1v) is 5.08. The molecule has 70 valence electrons. The number of hydrogen-bond donors (Lipinski definition) is 0. The van der Waals surface area contributed by atoms with Crippen LogP contribution < -0.4 is 0 Å². The maximum Gasteiger partial charge on any atom is 0.162 e. The van der Waals surface area contributed by atoms with E-state index in [-0.39, 0.29) is 0 Å². The van der Waals surface area contributed by atoms with E-state index in [1.165, 1.54) is 6.42 Å². The Balaban J connectivity index is 1.86. The van der Waals surface area contributed by atoms with Crippen molar-refractivity contribution in [3.63, 3.8) is 0 Å². The van der Waals surface area contributed by atoms with Crippen molar-refractivity contribution in [1.29, 1.82) is 0 Å². The van der Waals surface area contributed by atoms with Crippen LogP contribution in [0, 0.1) is 0 Å². The van der Waals surface area contributed by atoms with Gasteiger partial charge in [-0.15, -0.1) is 0 Å². The van der Waals surface area contributed by atoms with Gasteiger partial charge >= 0.3 is 0 Å². The molecule has 0 N–H and O–H groups in total. The monoisotopic (exact) mass is 243 g/mol. The number of furan rings is 1. The van der Waals surface area contributed by atoms with Crippen LogP contribution in [0.25, 0.3) is 0 Å². The number of oxime groups is 1. The highest BCUT2D eigenvalue weighted by Gasteiger charge is 2.18. The molecule has 0 spiro atoms. The van der Waals surface area contributed by atoms with Crippen LogP contribution >= 0.6 is 15.9 Å². The lowest BCUT2D eigenvalue weighted by atomic mass is 9.97. The summed E-state index contributed by atoms with van der Waals surface area (Å²) in [5, 5.41) is 3.85. The summed E-state index contributed by atoms with van der Waals surface area (Å²) in [6.45, 7) is 0. The van der Waals surface area contributed by atoms with Crippen molar-refractivity contribution in [1.82, 2.24) is 0 Å². The zero-order valence-electron chi connectivity index (χ0n) is 7.07. The predicted octanol–water partition coefficient (Wildman–Crippen LogP) is 2.95. The summed E-state index contributed by atoms with van der Waals surface area (Å²) in [6.07, 6.45) is 7.01. The standard InChI is InChI=1S/C9H10BrNO2/c10-8-4-5-12-9(8)6-11-13-7-2-1-3-7/h4-7H,1-3H2/b11-6+. The van der Waals surface area contributed by atoms with Gasteiger partial charge in [0.15, 0.2) is 5.76 Å². The fraction of sp³-hybridized carbons (Fsp3) is 0.444. The first kappa shape index (κ1) is 8.81. The zero-order valence-corrected chi connectivity index (χ0v) is 8.66. The van der Waals surface area contributed by atoms with Gasteiger partial charge < -0.3 is 9.25 Å². The molecule has 0 radical (unpaired) electrons. The van der Waals surface area contributed by atoms with E-state index in [1.54, 1.807) is 12.5 Å². The third kappa shape index (κ3) is 2.12.